The van der Waals surface area contributed by atoms with Gasteiger partial charge in [0.15, 0.2) is 5.58 Å². The summed E-state index contributed by atoms with van der Waals surface area (Å²) in [6.07, 6.45) is 1.70. The summed E-state index contributed by atoms with van der Waals surface area (Å²) in [5.41, 5.74) is 8.48. The predicted octanol–water partition coefficient (Wildman–Crippen LogP) is 3.23. The van der Waals surface area contributed by atoms with Gasteiger partial charge in [0.25, 0.3) is 0 Å². The molecule has 17 heavy (non-hydrogen) atoms. The van der Waals surface area contributed by atoms with Crippen LogP contribution in [-0.2, 0) is 0 Å². The quantitative estimate of drug-likeness (QED) is 0.699. The van der Waals surface area contributed by atoms with Crippen LogP contribution in [0.4, 0.5) is 5.69 Å². The summed E-state index contributed by atoms with van der Waals surface area (Å²) in [5.74, 6) is 0.484. The van der Waals surface area contributed by atoms with Crippen LogP contribution in [0.15, 0.2) is 45.4 Å². The van der Waals surface area contributed by atoms with Gasteiger partial charge in [0.05, 0.1) is 0 Å². The normalized spacial score (nSPS) is 10.9. The molecule has 2 aromatic heterocycles. The van der Waals surface area contributed by atoms with E-state index in [0.717, 1.165) is 9.99 Å². The third-order valence-corrected chi connectivity index (χ3v) is 3.01. The predicted molar refractivity (Wildman–Crippen MR) is 69.4 cm³/mol. The summed E-state index contributed by atoms with van der Waals surface area (Å²) in [7, 11) is 0. The van der Waals surface area contributed by atoms with E-state index in [9.17, 15) is 0 Å². The van der Waals surface area contributed by atoms with Gasteiger partial charge in [0.1, 0.15) is 11.2 Å². The molecule has 0 saturated carbocycles. The molecule has 0 saturated heterocycles. The fourth-order valence-corrected chi connectivity index (χ4v) is 2.01. The van der Waals surface area contributed by atoms with Crippen molar-refractivity contribution in [1.82, 2.24) is 9.97 Å². The Kier molecular flexibility index (Phi) is 2.33. The zero-order chi connectivity index (χ0) is 11.8. The number of aromatic nitrogens is 2. The molecule has 0 fully saturated rings. The van der Waals surface area contributed by atoms with Crippen LogP contribution in [-0.4, -0.2) is 9.97 Å². The third kappa shape index (κ3) is 1.78. The van der Waals surface area contributed by atoms with E-state index in [4.69, 9.17) is 10.2 Å². The van der Waals surface area contributed by atoms with Crippen LogP contribution in [0.3, 0.4) is 0 Å². The maximum atomic E-state index is 5.70. The number of halogens is 1. The molecule has 2 N–H and O–H groups in total. The van der Waals surface area contributed by atoms with Gasteiger partial charge < -0.3 is 10.2 Å². The summed E-state index contributed by atoms with van der Waals surface area (Å²) in [6, 6.07) is 9.10. The van der Waals surface area contributed by atoms with Crippen LogP contribution in [0, 0.1) is 0 Å². The van der Waals surface area contributed by atoms with E-state index in [0.29, 0.717) is 22.9 Å². The van der Waals surface area contributed by atoms with Crippen molar-refractivity contribution in [3.8, 4) is 11.6 Å². The number of pyridine rings is 1. The maximum Gasteiger partial charge on any atom is 0.247 e. The summed E-state index contributed by atoms with van der Waals surface area (Å²) < 4.78 is 6.48. The lowest BCUT2D eigenvalue weighted by molar-refractivity contribution is 0.616. The highest BCUT2D eigenvalue weighted by Gasteiger charge is 2.12. The van der Waals surface area contributed by atoms with Crippen LogP contribution >= 0.6 is 15.9 Å². The van der Waals surface area contributed by atoms with E-state index >= 15 is 0 Å². The van der Waals surface area contributed by atoms with Crippen LogP contribution in [0.1, 0.15) is 0 Å². The minimum absolute atomic E-state index is 0.484. The highest BCUT2D eigenvalue weighted by atomic mass is 79.9. The first-order chi connectivity index (χ1) is 8.24. The molecule has 0 aliphatic heterocycles. The Balaban J connectivity index is 2.22. The number of anilines is 1. The lowest BCUT2D eigenvalue weighted by atomic mass is 10.3. The van der Waals surface area contributed by atoms with E-state index in [1.165, 1.54) is 0 Å². The second kappa shape index (κ2) is 3.85. The largest absolute Gasteiger partial charge is 0.435 e. The minimum Gasteiger partial charge on any atom is -0.435 e. The molecule has 5 heteroatoms. The molecule has 0 radical (unpaired) electrons. The molecule has 4 nitrogen and oxygen atoms in total. The van der Waals surface area contributed by atoms with Gasteiger partial charge in [-0.05, 0) is 46.3 Å². The number of benzene rings is 1. The van der Waals surface area contributed by atoms with Gasteiger partial charge in [-0.25, -0.2) is 9.97 Å². The number of fused-ring (bicyclic) bond motifs is 1. The molecule has 84 valence electrons. The van der Waals surface area contributed by atoms with Crippen molar-refractivity contribution in [2.24, 2.45) is 0 Å². The van der Waals surface area contributed by atoms with Crippen molar-refractivity contribution >= 4 is 32.7 Å². The molecule has 0 aliphatic rings. The Labute approximate surface area is 106 Å². The van der Waals surface area contributed by atoms with Crippen LogP contribution in [0.5, 0.6) is 0 Å². The first kappa shape index (κ1) is 10.3. The Morgan fingerprint density at radius 2 is 2.12 bits per heavy atom. The Bertz CT molecular complexity index is 693. The molecule has 2 heterocycles. The topological polar surface area (TPSA) is 64.9 Å². The minimum atomic E-state index is 0.484. The first-order valence-corrected chi connectivity index (χ1v) is 5.80. The number of nitrogen functional groups attached to an aromatic ring is 1. The summed E-state index contributed by atoms with van der Waals surface area (Å²) in [4.78, 5) is 8.60. The van der Waals surface area contributed by atoms with Crippen LogP contribution < -0.4 is 5.73 Å². The van der Waals surface area contributed by atoms with Crippen molar-refractivity contribution in [3.63, 3.8) is 0 Å². The highest BCUT2D eigenvalue weighted by molar-refractivity contribution is 9.10. The third-order valence-electron chi connectivity index (χ3n) is 2.37. The Hall–Kier alpha value is -1.88. The molecule has 0 bridgehead atoms. The van der Waals surface area contributed by atoms with Gasteiger partial charge in [0.2, 0.25) is 5.89 Å². The van der Waals surface area contributed by atoms with Gasteiger partial charge in [-0.15, -0.1) is 0 Å². The number of hydrogen-bond donors (Lipinski definition) is 1. The SMILES string of the molecule is Nc1ccc2oc(-c3ncccc3Br)nc2c1. The van der Waals surface area contributed by atoms with E-state index < -0.39 is 0 Å². The van der Waals surface area contributed by atoms with E-state index in [-0.39, 0.29) is 0 Å². The number of nitrogens with zero attached hydrogens (tertiary/aromatic N) is 2. The first-order valence-electron chi connectivity index (χ1n) is 5.01. The second-order valence-corrected chi connectivity index (χ2v) is 4.43. The molecular weight excluding hydrogens is 282 g/mol. The fraction of sp³-hybridized carbons (Fsp3) is 0. The zero-order valence-corrected chi connectivity index (χ0v) is 10.3. The molecule has 3 aromatic rings. The van der Waals surface area contributed by atoms with Gasteiger partial charge in [-0.3, -0.25) is 0 Å². The Morgan fingerprint density at radius 3 is 2.94 bits per heavy atom. The number of hydrogen-bond acceptors (Lipinski definition) is 4. The Morgan fingerprint density at radius 1 is 1.24 bits per heavy atom. The van der Waals surface area contributed by atoms with Crippen molar-refractivity contribution in [3.05, 3.63) is 41.0 Å². The molecule has 0 amide bonds. The van der Waals surface area contributed by atoms with Crippen LogP contribution in [0.25, 0.3) is 22.7 Å². The number of nitrogens with two attached hydrogens (primary N) is 1. The van der Waals surface area contributed by atoms with E-state index in [2.05, 4.69) is 25.9 Å². The van der Waals surface area contributed by atoms with Crippen LogP contribution in [0.2, 0.25) is 0 Å². The smallest absolute Gasteiger partial charge is 0.247 e. The van der Waals surface area contributed by atoms with Crippen molar-refractivity contribution < 1.29 is 4.42 Å². The second-order valence-electron chi connectivity index (χ2n) is 3.58. The molecule has 0 aliphatic carbocycles. The molecule has 1 aromatic carbocycles. The average molecular weight is 290 g/mol. The summed E-state index contributed by atoms with van der Waals surface area (Å²) >= 11 is 3.42. The summed E-state index contributed by atoms with van der Waals surface area (Å²) in [6.45, 7) is 0. The molecule has 0 spiro atoms. The summed E-state index contributed by atoms with van der Waals surface area (Å²) in [5, 5.41) is 0. The number of oxazole rings is 1. The van der Waals surface area contributed by atoms with Crippen molar-refractivity contribution in [2.45, 2.75) is 0 Å². The fourth-order valence-electron chi connectivity index (χ4n) is 1.59. The highest BCUT2D eigenvalue weighted by Crippen LogP contribution is 2.28. The maximum absolute atomic E-state index is 5.70. The van der Waals surface area contributed by atoms with E-state index in [1.54, 1.807) is 24.4 Å². The monoisotopic (exact) mass is 289 g/mol. The van der Waals surface area contributed by atoms with Gasteiger partial charge in [-0.1, -0.05) is 0 Å². The lowest BCUT2D eigenvalue weighted by Gasteiger charge is -1.95. The zero-order valence-electron chi connectivity index (χ0n) is 8.72. The van der Waals surface area contributed by atoms with Crippen molar-refractivity contribution in [2.75, 3.05) is 5.73 Å². The van der Waals surface area contributed by atoms with Gasteiger partial charge >= 0.3 is 0 Å². The molecule has 3 rings (SSSR count). The van der Waals surface area contributed by atoms with E-state index in [1.807, 2.05) is 12.1 Å². The van der Waals surface area contributed by atoms with Crippen molar-refractivity contribution in [1.29, 1.82) is 0 Å². The van der Waals surface area contributed by atoms with Gasteiger partial charge in [0, 0.05) is 16.4 Å². The average Bonchev–Trinajstić information content (AvgIpc) is 2.72. The lowest BCUT2D eigenvalue weighted by Crippen LogP contribution is -1.84. The molecule has 0 atom stereocenters. The molecule has 0 unspecified atom stereocenters. The number of rotatable bonds is 1. The van der Waals surface area contributed by atoms with Gasteiger partial charge in [-0.2, -0.15) is 0 Å². The molecular formula is C12H8BrN3O. The standard InChI is InChI=1S/C12H8BrN3O/c13-8-2-1-5-15-11(8)12-16-9-6-7(14)3-4-10(9)17-12/h1-6H,14H2.